The van der Waals surface area contributed by atoms with Crippen LogP contribution in [0.2, 0.25) is 5.02 Å². The van der Waals surface area contributed by atoms with E-state index in [0.717, 1.165) is 25.7 Å². The van der Waals surface area contributed by atoms with Crippen LogP contribution < -0.4 is 4.74 Å². The van der Waals surface area contributed by atoms with E-state index in [1.807, 2.05) is 0 Å². The van der Waals surface area contributed by atoms with Gasteiger partial charge in [0, 0.05) is 25.2 Å². The predicted molar refractivity (Wildman–Crippen MR) is 111 cm³/mol. The van der Waals surface area contributed by atoms with Gasteiger partial charge in [-0.15, -0.1) is 0 Å². The number of halogens is 1. The number of benzene rings is 1. The maximum absolute atomic E-state index is 12.9. The van der Waals surface area contributed by atoms with Gasteiger partial charge >= 0.3 is 6.01 Å². The van der Waals surface area contributed by atoms with Gasteiger partial charge in [0.05, 0.1) is 28.9 Å². The van der Waals surface area contributed by atoms with Crippen molar-refractivity contribution in [1.82, 2.24) is 19.2 Å². The monoisotopic (exact) mass is 450 g/mol. The minimum Gasteiger partial charge on any atom is -0.458 e. The maximum Gasteiger partial charge on any atom is 0.316 e. The molecule has 160 valence electrons. The lowest BCUT2D eigenvalue weighted by Gasteiger charge is -2.32. The molecule has 1 aromatic heterocycles. The van der Waals surface area contributed by atoms with Gasteiger partial charge in [0.15, 0.2) is 0 Å². The molecule has 1 aromatic carbocycles. The lowest BCUT2D eigenvalue weighted by atomic mass is 10.1. The Bertz CT molecular complexity index is 992. The number of carbonyl (C=O) groups excluding carboxylic acids is 1. The first-order valence-corrected chi connectivity index (χ1v) is 11.8. The number of likely N-dealkylation sites (tertiary alicyclic amines) is 1. The van der Waals surface area contributed by atoms with Crippen molar-refractivity contribution in [2.24, 2.45) is 0 Å². The molecule has 4 rings (SSSR count). The number of hydrogen-bond acceptors (Lipinski definition) is 6. The molecule has 2 aliphatic heterocycles. The summed E-state index contributed by atoms with van der Waals surface area (Å²) < 4.78 is 32.6. The van der Waals surface area contributed by atoms with Gasteiger partial charge in [0.2, 0.25) is 10.0 Å². The van der Waals surface area contributed by atoms with Gasteiger partial charge < -0.3 is 9.64 Å². The van der Waals surface area contributed by atoms with Crippen LogP contribution in [0.5, 0.6) is 6.01 Å². The SMILES string of the molecule is O=C(c1ccc(S(=O)(=O)N2CCCC2)cc1)N1CCCC(Oc2ncc(Cl)cn2)C1. The molecule has 2 fully saturated rings. The molecule has 1 atom stereocenters. The van der Waals surface area contributed by atoms with E-state index >= 15 is 0 Å². The highest BCUT2D eigenvalue weighted by Gasteiger charge is 2.29. The second-order valence-electron chi connectivity index (χ2n) is 7.45. The number of nitrogens with zero attached hydrogens (tertiary/aromatic N) is 4. The molecule has 0 bridgehead atoms. The molecule has 1 unspecified atom stereocenters. The number of sulfonamides is 1. The summed E-state index contributed by atoms with van der Waals surface area (Å²) in [5.74, 6) is -0.148. The zero-order chi connectivity index (χ0) is 21.1. The van der Waals surface area contributed by atoms with E-state index in [4.69, 9.17) is 16.3 Å². The minimum absolute atomic E-state index is 0.148. The van der Waals surface area contributed by atoms with Crippen molar-refractivity contribution < 1.29 is 17.9 Å². The number of piperidine rings is 1. The third-order valence-electron chi connectivity index (χ3n) is 5.34. The molecule has 2 aromatic rings. The van der Waals surface area contributed by atoms with Crippen LogP contribution in [0.25, 0.3) is 0 Å². The van der Waals surface area contributed by atoms with Crippen LogP contribution in [0.1, 0.15) is 36.0 Å². The van der Waals surface area contributed by atoms with Crippen molar-refractivity contribution in [3.8, 4) is 6.01 Å². The third kappa shape index (κ3) is 4.58. The van der Waals surface area contributed by atoms with E-state index < -0.39 is 10.0 Å². The summed E-state index contributed by atoms with van der Waals surface area (Å²) in [6.07, 6.45) is 6.08. The van der Waals surface area contributed by atoms with Gasteiger partial charge in [0.1, 0.15) is 6.10 Å². The van der Waals surface area contributed by atoms with Gasteiger partial charge in [0.25, 0.3) is 5.91 Å². The van der Waals surface area contributed by atoms with E-state index in [9.17, 15) is 13.2 Å². The average molecular weight is 451 g/mol. The number of rotatable bonds is 5. The Kier molecular flexibility index (Phi) is 6.21. The van der Waals surface area contributed by atoms with Gasteiger partial charge in [-0.3, -0.25) is 4.79 Å². The summed E-state index contributed by atoms with van der Waals surface area (Å²) in [5, 5.41) is 0.429. The third-order valence-corrected chi connectivity index (χ3v) is 7.45. The summed E-state index contributed by atoms with van der Waals surface area (Å²) >= 11 is 5.79. The van der Waals surface area contributed by atoms with Crippen molar-refractivity contribution in [1.29, 1.82) is 0 Å². The Morgan fingerprint density at radius 3 is 2.37 bits per heavy atom. The maximum atomic E-state index is 12.9. The molecule has 1 amide bonds. The molecule has 0 radical (unpaired) electrons. The van der Waals surface area contributed by atoms with Crippen LogP contribution >= 0.6 is 11.6 Å². The van der Waals surface area contributed by atoms with E-state index in [1.54, 1.807) is 17.0 Å². The molecule has 0 aliphatic carbocycles. The zero-order valence-corrected chi connectivity index (χ0v) is 18.0. The van der Waals surface area contributed by atoms with Crippen molar-refractivity contribution in [2.45, 2.75) is 36.7 Å². The van der Waals surface area contributed by atoms with Crippen molar-refractivity contribution >= 4 is 27.5 Å². The molecule has 0 spiro atoms. The fourth-order valence-corrected chi connectivity index (χ4v) is 5.37. The standard InChI is InChI=1S/C20H23ClN4O4S/c21-16-12-22-20(23-13-16)29-17-4-3-9-24(14-17)19(26)15-5-7-18(8-6-15)30(27,28)25-10-1-2-11-25/h5-8,12-13,17H,1-4,9-11,14H2. The minimum atomic E-state index is -3.49. The Hall–Kier alpha value is -2.23. The molecule has 0 saturated carbocycles. The summed E-state index contributed by atoms with van der Waals surface area (Å²) in [4.78, 5) is 22.9. The van der Waals surface area contributed by atoms with Crippen LogP contribution in [-0.4, -0.2) is 65.8 Å². The van der Waals surface area contributed by atoms with Gasteiger partial charge in [-0.05, 0) is 49.9 Å². The molecule has 3 heterocycles. The molecule has 30 heavy (non-hydrogen) atoms. The van der Waals surface area contributed by atoms with E-state index in [2.05, 4.69) is 9.97 Å². The first-order valence-electron chi connectivity index (χ1n) is 9.97. The van der Waals surface area contributed by atoms with Crippen molar-refractivity contribution in [2.75, 3.05) is 26.2 Å². The highest BCUT2D eigenvalue weighted by Crippen LogP contribution is 2.22. The van der Waals surface area contributed by atoms with Gasteiger partial charge in [-0.2, -0.15) is 4.31 Å². The smallest absolute Gasteiger partial charge is 0.316 e. The highest BCUT2D eigenvalue weighted by molar-refractivity contribution is 7.89. The molecule has 10 heteroatoms. The highest BCUT2D eigenvalue weighted by atomic mass is 35.5. The number of aromatic nitrogens is 2. The summed E-state index contributed by atoms with van der Waals surface area (Å²) in [6, 6.07) is 6.42. The number of hydrogen-bond donors (Lipinski definition) is 0. The number of ether oxygens (including phenoxy) is 1. The Labute approximate surface area is 180 Å². The Morgan fingerprint density at radius 1 is 1.03 bits per heavy atom. The van der Waals surface area contributed by atoms with Crippen LogP contribution in [0.15, 0.2) is 41.6 Å². The number of amides is 1. The molecule has 0 N–H and O–H groups in total. The lowest BCUT2D eigenvalue weighted by Crippen LogP contribution is -2.44. The summed E-state index contributed by atoms with van der Waals surface area (Å²) in [6.45, 7) is 2.14. The zero-order valence-electron chi connectivity index (χ0n) is 16.4. The van der Waals surface area contributed by atoms with Crippen molar-refractivity contribution in [3.05, 3.63) is 47.2 Å². The summed E-state index contributed by atoms with van der Waals surface area (Å²) in [5.41, 5.74) is 0.457. The molecule has 2 aliphatic rings. The fourth-order valence-electron chi connectivity index (χ4n) is 3.76. The largest absolute Gasteiger partial charge is 0.458 e. The second-order valence-corrected chi connectivity index (χ2v) is 9.83. The first kappa shape index (κ1) is 21.0. The van der Waals surface area contributed by atoms with Crippen LogP contribution in [0.4, 0.5) is 0 Å². The van der Waals surface area contributed by atoms with E-state index in [-0.39, 0.29) is 22.9 Å². The topological polar surface area (TPSA) is 92.7 Å². The van der Waals surface area contributed by atoms with Gasteiger partial charge in [-0.25, -0.2) is 18.4 Å². The molecule has 2 saturated heterocycles. The van der Waals surface area contributed by atoms with Crippen LogP contribution in [-0.2, 0) is 10.0 Å². The summed E-state index contributed by atoms with van der Waals surface area (Å²) in [7, 11) is -3.49. The fraction of sp³-hybridized carbons (Fsp3) is 0.450. The van der Waals surface area contributed by atoms with E-state index in [1.165, 1.54) is 28.8 Å². The quantitative estimate of drug-likeness (QED) is 0.695. The normalized spacial score (nSPS) is 20.3. The molecule has 8 nitrogen and oxygen atoms in total. The van der Waals surface area contributed by atoms with E-state index in [0.29, 0.717) is 36.8 Å². The first-order chi connectivity index (χ1) is 14.4. The Morgan fingerprint density at radius 2 is 1.70 bits per heavy atom. The lowest BCUT2D eigenvalue weighted by molar-refractivity contribution is 0.0515. The Balaban J connectivity index is 1.41. The van der Waals surface area contributed by atoms with Gasteiger partial charge in [-0.1, -0.05) is 11.6 Å². The van der Waals surface area contributed by atoms with Crippen LogP contribution in [0.3, 0.4) is 0 Å². The number of carbonyl (C=O) groups is 1. The molecular weight excluding hydrogens is 428 g/mol. The predicted octanol–water partition coefficient (Wildman–Crippen LogP) is 2.60. The van der Waals surface area contributed by atoms with Crippen LogP contribution in [0, 0.1) is 0 Å². The van der Waals surface area contributed by atoms with Crippen molar-refractivity contribution in [3.63, 3.8) is 0 Å². The average Bonchev–Trinajstić information content (AvgIpc) is 3.31. The second kappa shape index (κ2) is 8.87. The molecular formula is C20H23ClN4O4S.